The molecule has 1 aliphatic heterocycles. The first-order valence-electron chi connectivity index (χ1n) is 9.35. The SMILES string of the molecule is CCOC(=O)c1ccccc1N1C(=O)C(Cl)=C(NC2CCCCCC2)C1=O. The minimum Gasteiger partial charge on any atom is -0.462 e. The van der Waals surface area contributed by atoms with Gasteiger partial charge in [0.15, 0.2) is 0 Å². The summed E-state index contributed by atoms with van der Waals surface area (Å²) in [5, 5.41) is 3.04. The van der Waals surface area contributed by atoms with Crippen molar-refractivity contribution in [2.24, 2.45) is 0 Å². The average Bonchev–Trinajstić information content (AvgIpc) is 2.86. The van der Waals surface area contributed by atoms with Crippen molar-refractivity contribution in [1.29, 1.82) is 0 Å². The Morgan fingerprint density at radius 1 is 1.15 bits per heavy atom. The van der Waals surface area contributed by atoms with Crippen LogP contribution in [0.25, 0.3) is 0 Å². The van der Waals surface area contributed by atoms with E-state index in [1.54, 1.807) is 25.1 Å². The van der Waals surface area contributed by atoms with Gasteiger partial charge < -0.3 is 10.1 Å². The van der Waals surface area contributed by atoms with E-state index in [1.807, 2.05) is 0 Å². The number of para-hydroxylation sites is 1. The van der Waals surface area contributed by atoms with Gasteiger partial charge in [0.1, 0.15) is 10.7 Å². The topological polar surface area (TPSA) is 75.7 Å². The van der Waals surface area contributed by atoms with Gasteiger partial charge in [-0.3, -0.25) is 9.59 Å². The summed E-state index contributed by atoms with van der Waals surface area (Å²) in [6.45, 7) is 1.89. The Bertz CT molecular complexity index is 782. The van der Waals surface area contributed by atoms with Gasteiger partial charge in [0, 0.05) is 6.04 Å². The molecule has 0 unspecified atom stereocenters. The lowest BCUT2D eigenvalue weighted by molar-refractivity contribution is -0.120. The van der Waals surface area contributed by atoms with Gasteiger partial charge in [-0.05, 0) is 31.9 Å². The first kappa shape index (κ1) is 19.4. The Labute approximate surface area is 163 Å². The number of ether oxygens (including phenoxy) is 1. The lowest BCUT2D eigenvalue weighted by Crippen LogP contribution is -2.37. The third kappa shape index (κ3) is 4.00. The Hall–Kier alpha value is -2.34. The van der Waals surface area contributed by atoms with Crippen LogP contribution in [0.2, 0.25) is 0 Å². The van der Waals surface area contributed by atoms with Crippen LogP contribution < -0.4 is 10.2 Å². The number of carbonyl (C=O) groups excluding carboxylic acids is 3. The molecule has 1 N–H and O–H groups in total. The van der Waals surface area contributed by atoms with Crippen LogP contribution in [0.5, 0.6) is 0 Å². The molecule has 27 heavy (non-hydrogen) atoms. The fourth-order valence-corrected chi connectivity index (χ4v) is 3.74. The molecule has 0 spiro atoms. The van der Waals surface area contributed by atoms with Crippen molar-refractivity contribution in [3.8, 4) is 0 Å². The standard InChI is InChI=1S/C20H23ClN2O4/c1-2-27-20(26)14-11-7-8-12-15(14)23-18(24)16(21)17(19(23)25)22-13-9-5-3-4-6-10-13/h7-8,11-13,22H,2-6,9-10H2,1H3. The van der Waals surface area contributed by atoms with Crippen LogP contribution in [-0.4, -0.2) is 30.4 Å². The molecular formula is C20H23ClN2O4. The summed E-state index contributed by atoms with van der Waals surface area (Å²) in [6, 6.07) is 6.50. The van der Waals surface area contributed by atoms with E-state index in [2.05, 4.69) is 5.32 Å². The van der Waals surface area contributed by atoms with E-state index < -0.39 is 17.8 Å². The number of benzene rings is 1. The van der Waals surface area contributed by atoms with E-state index in [4.69, 9.17) is 16.3 Å². The number of nitrogens with zero attached hydrogens (tertiary/aromatic N) is 1. The number of esters is 1. The molecule has 1 aromatic carbocycles. The molecule has 7 heteroatoms. The monoisotopic (exact) mass is 390 g/mol. The first-order valence-corrected chi connectivity index (χ1v) is 9.73. The summed E-state index contributed by atoms with van der Waals surface area (Å²) >= 11 is 6.21. The van der Waals surface area contributed by atoms with Crippen LogP contribution in [0.15, 0.2) is 35.0 Å². The minimum absolute atomic E-state index is 0.118. The molecule has 1 aliphatic carbocycles. The molecule has 144 valence electrons. The van der Waals surface area contributed by atoms with Crippen LogP contribution in [-0.2, 0) is 14.3 Å². The molecule has 1 fully saturated rings. The van der Waals surface area contributed by atoms with Crippen molar-refractivity contribution < 1.29 is 19.1 Å². The second-order valence-corrected chi connectivity index (χ2v) is 7.08. The number of halogens is 1. The van der Waals surface area contributed by atoms with Crippen LogP contribution in [0, 0.1) is 0 Å². The van der Waals surface area contributed by atoms with E-state index in [0.29, 0.717) is 0 Å². The van der Waals surface area contributed by atoms with Crippen molar-refractivity contribution in [3.05, 3.63) is 40.6 Å². The number of carbonyl (C=O) groups is 3. The zero-order chi connectivity index (χ0) is 19.4. The van der Waals surface area contributed by atoms with Crippen molar-refractivity contribution in [1.82, 2.24) is 5.32 Å². The van der Waals surface area contributed by atoms with Gasteiger partial charge in [0.2, 0.25) is 0 Å². The lowest BCUT2D eigenvalue weighted by atomic mass is 10.1. The van der Waals surface area contributed by atoms with Gasteiger partial charge in [0.05, 0.1) is 17.9 Å². The van der Waals surface area contributed by atoms with E-state index in [1.165, 1.54) is 18.9 Å². The van der Waals surface area contributed by atoms with E-state index in [0.717, 1.165) is 30.6 Å². The lowest BCUT2D eigenvalue weighted by Gasteiger charge is -2.20. The first-order chi connectivity index (χ1) is 13.0. The Kier molecular flexibility index (Phi) is 6.16. The van der Waals surface area contributed by atoms with Gasteiger partial charge in [0.25, 0.3) is 11.8 Å². The predicted octanol–water partition coefficient (Wildman–Crippen LogP) is 3.50. The van der Waals surface area contributed by atoms with Crippen LogP contribution >= 0.6 is 11.6 Å². The number of hydrogen-bond acceptors (Lipinski definition) is 5. The van der Waals surface area contributed by atoms with Crippen molar-refractivity contribution in [3.63, 3.8) is 0 Å². The fraction of sp³-hybridized carbons (Fsp3) is 0.450. The zero-order valence-electron chi connectivity index (χ0n) is 15.3. The molecular weight excluding hydrogens is 368 g/mol. The molecule has 3 rings (SSSR count). The molecule has 6 nitrogen and oxygen atoms in total. The predicted molar refractivity (Wildman–Crippen MR) is 102 cm³/mol. The van der Waals surface area contributed by atoms with Gasteiger partial charge in [-0.2, -0.15) is 0 Å². The molecule has 2 amide bonds. The number of rotatable bonds is 5. The van der Waals surface area contributed by atoms with Gasteiger partial charge >= 0.3 is 5.97 Å². The highest BCUT2D eigenvalue weighted by Gasteiger charge is 2.41. The maximum absolute atomic E-state index is 13.0. The Morgan fingerprint density at radius 2 is 1.81 bits per heavy atom. The van der Waals surface area contributed by atoms with E-state index in [-0.39, 0.29) is 34.6 Å². The highest BCUT2D eigenvalue weighted by Crippen LogP contribution is 2.32. The van der Waals surface area contributed by atoms with Crippen LogP contribution in [0.3, 0.4) is 0 Å². The van der Waals surface area contributed by atoms with Crippen molar-refractivity contribution >= 4 is 35.1 Å². The normalized spacial score (nSPS) is 18.7. The van der Waals surface area contributed by atoms with Crippen molar-refractivity contribution in [2.45, 2.75) is 51.5 Å². The Morgan fingerprint density at radius 3 is 2.48 bits per heavy atom. The number of nitrogens with one attached hydrogen (secondary N) is 1. The van der Waals surface area contributed by atoms with E-state index >= 15 is 0 Å². The summed E-state index contributed by atoms with van der Waals surface area (Å²) in [7, 11) is 0. The summed E-state index contributed by atoms with van der Waals surface area (Å²) in [6.07, 6.45) is 6.40. The quantitative estimate of drug-likeness (QED) is 0.473. The van der Waals surface area contributed by atoms with E-state index in [9.17, 15) is 14.4 Å². The molecule has 0 aromatic heterocycles. The maximum Gasteiger partial charge on any atom is 0.340 e. The second-order valence-electron chi connectivity index (χ2n) is 6.71. The molecule has 0 bridgehead atoms. The fourth-order valence-electron chi connectivity index (χ4n) is 3.52. The maximum atomic E-state index is 13.0. The van der Waals surface area contributed by atoms with Crippen molar-refractivity contribution in [2.75, 3.05) is 11.5 Å². The summed E-state index contributed by atoms with van der Waals surface area (Å²) in [5.41, 5.74) is 0.454. The number of hydrogen-bond donors (Lipinski definition) is 1. The largest absolute Gasteiger partial charge is 0.462 e. The highest BCUT2D eigenvalue weighted by molar-refractivity contribution is 6.52. The summed E-state index contributed by atoms with van der Waals surface area (Å²) in [5.74, 6) is -1.75. The molecule has 1 saturated carbocycles. The molecule has 2 aliphatic rings. The molecule has 1 aromatic rings. The van der Waals surface area contributed by atoms with Crippen LogP contribution in [0.1, 0.15) is 55.8 Å². The second kappa shape index (κ2) is 8.57. The number of imide groups is 1. The summed E-state index contributed by atoms with van der Waals surface area (Å²) < 4.78 is 5.04. The number of amides is 2. The Balaban J connectivity index is 1.87. The average molecular weight is 391 g/mol. The van der Waals surface area contributed by atoms with Crippen LogP contribution in [0.4, 0.5) is 5.69 Å². The zero-order valence-corrected chi connectivity index (χ0v) is 16.1. The highest BCUT2D eigenvalue weighted by atomic mass is 35.5. The molecule has 0 atom stereocenters. The third-order valence-electron chi connectivity index (χ3n) is 4.87. The third-order valence-corrected chi connectivity index (χ3v) is 5.22. The van der Waals surface area contributed by atoms with Gasteiger partial charge in [-0.25, -0.2) is 9.69 Å². The number of anilines is 1. The molecule has 0 saturated heterocycles. The molecule has 1 heterocycles. The molecule has 0 radical (unpaired) electrons. The van der Waals surface area contributed by atoms with Gasteiger partial charge in [-0.1, -0.05) is 49.4 Å². The summed E-state index contributed by atoms with van der Waals surface area (Å²) in [4.78, 5) is 38.8. The smallest absolute Gasteiger partial charge is 0.340 e. The minimum atomic E-state index is -0.630. The van der Waals surface area contributed by atoms with Gasteiger partial charge in [-0.15, -0.1) is 0 Å².